The van der Waals surface area contributed by atoms with Gasteiger partial charge in [0.05, 0.1) is 18.1 Å². The molecule has 1 N–H and O–H groups in total. The van der Waals surface area contributed by atoms with Crippen molar-refractivity contribution in [3.05, 3.63) is 48.6 Å². The molecule has 1 saturated heterocycles. The van der Waals surface area contributed by atoms with Gasteiger partial charge in [-0.15, -0.1) is 0 Å². The number of hydrogen-bond donors (Lipinski definition) is 1. The lowest BCUT2D eigenvalue weighted by Gasteiger charge is -2.36. The van der Waals surface area contributed by atoms with Crippen molar-refractivity contribution in [1.29, 1.82) is 0 Å². The molecule has 0 aromatic carbocycles. The fourth-order valence-electron chi connectivity index (χ4n) is 2.83. The zero-order chi connectivity index (χ0) is 20.9. The third-order valence-electron chi connectivity index (χ3n) is 4.24. The van der Waals surface area contributed by atoms with Gasteiger partial charge in [-0.1, -0.05) is 0 Å². The number of ether oxygens (including phenoxy) is 1. The van der Waals surface area contributed by atoms with E-state index >= 15 is 0 Å². The smallest absolute Gasteiger partial charge is 0.410 e. The second-order valence-electron chi connectivity index (χ2n) is 7.69. The molecule has 2 amide bonds. The topological polar surface area (TPSA) is 87.9 Å². The predicted octanol–water partition coefficient (Wildman–Crippen LogP) is 3.38. The Bertz CT molecular complexity index is 846. The Morgan fingerprint density at radius 1 is 1.17 bits per heavy atom. The van der Waals surface area contributed by atoms with Crippen LogP contribution in [0.3, 0.4) is 0 Å². The van der Waals surface area contributed by atoms with Crippen LogP contribution in [-0.4, -0.2) is 53.7 Å². The molecule has 0 atom stereocenters. The minimum absolute atomic E-state index is 0.282. The molecule has 0 aliphatic carbocycles. The number of nitrogens with zero attached hydrogens (tertiary/aromatic N) is 3. The number of carbonyl (C=O) groups is 2. The number of pyridine rings is 1. The fraction of sp³-hybridized carbons (Fsp3) is 0.381. The van der Waals surface area contributed by atoms with Crippen LogP contribution in [0.4, 0.5) is 16.3 Å². The largest absolute Gasteiger partial charge is 0.465 e. The number of nitrogens with one attached hydrogen (secondary N) is 1. The minimum atomic E-state index is -0.494. The van der Waals surface area contributed by atoms with Crippen LogP contribution in [0.1, 0.15) is 26.5 Å². The molecule has 29 heavy (non-hydrogen) atoms. The summed E-state index contributed by atoms with van der Waals surface area (Å²) in [6.45, 7) is 8.15. The van der Waals surface area contributed by atoms with Crippen molar-refractivity contribution in [2.75, 3.05) is 36.4 Å². The summed E-state index contributed by atoms with van der Waals surface area (Å²) in [7, 11) is 0. The lowest BCUT2D eigenvalue weighted by atomic mass is 10.2. The molecule has 2 aromatic rings. The van der Waals surface area contributed by atoms with Gasteiger partial charge >= 0.3 is 6.09 Å². The molecule has 0 unspecified atom stereocenters. The molecule has 3 rings (SSSR count). The Balaban J connectivity index is 1.49. The van der Waals surface area contributed by atoms with Crippen LogP contribution in [-0.2, 0) is 9.53 Å². The second-order valence-corrected chi connectivity index (χ2v) is 7.69. The third kappa shape index (κ3) is 6.10. The van der Waals surface area contributed by atoms with Crippen LogP contribution in [0, 0.1) is 0 Å². The Labute approximate surface area is 170 Å². The van der Waals surface area contributed by atoms with Gasteiger partial charge in [0, 0.05) is 32.3 Å². The summed E-state index contributed by atoms with van der Waals surface area (Å²) in [6, 6.07) is 7.18. The van der Waals surface area contributed by atoms with Crippen LogP contribution in [0.2, 0.25) is 0 Å². The van der Waals surface area contributed by atoms with E-state index in [1.54, 1.807) is 41.6 Å². The van der Waals surface area contributed by atoms with Gasteiger partial charge in [-0.25, -0.2) is 9.78 Å². The Morgan fingerprint density at radius 3 is 2.52 bits per heavy atom. The number of amides is 2. The maximum Gasteiger partial charge on any atom is 0.410 e. The SMILES string of the molecule is CC(C)(C)OC(=O)N1CCN(c2ccc(NC(=O)/C=C/c3ccco3)nc2)CC1. The second kappa shape index (κ2) is 8.81. The van der Waals surface area contributed by atoms with Crippen LogP contribution in [0.5, 0.6) is 0 Å². The van der Waals surface area contributed by atoms with Gasteiger partial charge in [-0.05, 0) is 51.1 Å². The van der Waals surface area contributed by atoms with E-state index < -0.39 is 5.60 Å². The predicted molar refractivity (Wildman–Crippen MR) is 111 cm³/mol. The van der Waals surface area contributed by atoms with Gasteiger partial charge in [0.2, 0.25) is 5.91 Å². The summed E-state index contributed by atoms with van der Waals surface area (Å²) < 4.78 is 10.6. The van der Waals surface area contributed by atoms with E-state index in [1.807, 2.05) is 26.8 Å². The van der Waals surface area contributed by atoms with Crippen molar-refractivity contribution in [2.24, 2.45) is 0 Å². The number of aromatic nitrogens is 1. The quantitative estimate of drug-likeness (QED) is 0.795. The van der Waals surface area contributed by atoms with Crippen LogP contribution < -0.4 is 10.2 Å². The minimum Gasteiger partial charge on any atom is -0.465 e. The van der Waals surface area contributed by atoms with Gasteiger partial charge < -0.3 is 24.3 Å². The Kier molecular flexibility index (Phi) is 6.21. The highest BCUT2D eigenvalue weighted by Gasteiger charge is 2.26. The molecule has 1 aliphatic rings. The van der Waals surface area contributed by atoms with E-state index in [4.69, 9.17) is 9.15 Å². The number of anilines is 2. The van der Waals surface area contributed by atoms with Crippen LogP contribution in [0.15, 0.2) is 47.2 Å². The summed E-state index contributed by atoms with van der Waals surface area (Å²) in [5, 5.41) is 2.71. The highest BCUT2D eigenvalue weighted by Crippen LogP contribution is 2.18. The first-order valence-corrected chi connectivity index (χ1v) is 9.52. The maximum absolute atomic E-state index is 12.2. The monoisotopic (exact) mass is 398 g/mol. The number of piperazine rings is 1. The summed E-state index contributed by atoms with van der Waals surface area (Å²) in [4.78, 5) is 32.3. The van der Waals surface area contributed by atoms with Gasteiger partial charge in [0.1, 0.15) is 17.2 Å². The number of rotatable bonds is 4. The number of furan rings is 1. The first-order chi connectivity index (χ1) is 13.8. The first-order valence-electron chi connectivity index (χ1n) is 9.52. The van der Waals surface area contributed by atoms with Crippen molar-refractivity contribution >= 4 is 29.6 Å². The molecule has 0 bridgehead atoms. The molecule has 154 valence electrons. The zero-order valence-corrected chi connectivity index (χ0v) is 16.9. The van der Waals surface area contributed by atoms with Gasteiger partial charge in [-0.3, -0.25) is 4.79 Å². The molecule has 8 nitrogen and oxygen atoms in total. The molecular formula is C21H26N4O4. The molecule has 0 saturated carbocycles. The van der Waals surface area contributed by atoms with E-state index in [9.17, 15) is 9.59 Å². The lowest BCUT2D eigenvalue weighted by molar-refractivity contribution is -0.111. The van der Waals surface area contributed by atoms with E-state index in [2.05, 4.69) is 15.2 Å². The number of carbonyl (C=O) groups excluding carboxylic acids is 2. The first kappa shape index (κ1) is 20.4. The van der Waals surface area contributed by atoms with Gasteiger partial charge in [-0.2, -0.15) is 0 Å². The van der Waals surface area contributed by atoms with Crippen molar-refractivity contribution in [3.8, 4) is 0 Å². The van der Waals surface area contributed by atoms with E-state index in [0.717, 1.165) is 5.69 Å². The molecule has 0 radical (unpaired) electrons. The van der Waals surface area contributed by atoms with Crippen LogP contribution >= 0.6 is 0 Å². The van der Waals surface area contributed by atoms with Crippen LogP contribution in [0.25, 0.3) is 6.08 Å². The lowest BCUT2D eigenvalue weighted by Crippen LogP contribution is -2.50. The third-order valence-corrected chi connectivity index (χ3v) is 4.24. The Morgan fingerprint density at radius 2 is 1.93 bits per heavy atom. The van der Waals surface area contributed by atoms with E-state index in [1.165, 1.54) is 6.08 Å². The number of hydrogen-bond acceptors (Lipinski definition) is 6. The van der Waals surface area contributed by atoms with Crippen molar-refractivity contribution in [2.45, 2.75) is 26.4 Å². The molecule has 0 spiro atoms. The van der Waals surface area contributed by atoms with Crippen molar-refractivity contribution < 1.29 is 18.7 Å². The Hall–Kier alpha value is -3.29. The zero-order valence-electron chi connectivity index (χ0n) is 16.9. The standard InChI is InChI=1S/C21H26N4O4/c1-21(2,3)29-20(27)25-12-10-24(11-13-25)16-6-8-18(22-15-16)23-19(26)9-7-17-5-4-14-28-17/h4-9,14-15H,10-13H2,1-3H3,(H,22,23,26)/b9-7+. The van der Waals surface area contributed by atoms with Crippen molar-refractivity contribution in [3.63, 3.8) is 0 Å². The highest BCUT2D eigenvalue weighted by atomic mass is 16.6. The highest BCUT2D eigenvalue weighted by molar-refractivity contribution is 6.01. The normalized spacial score (nSPS) is 14.9. The summed E-state index contributed by atoms with van der Waals surface area (Å²) in [6.07, 6.45) is 5.97. The van der Waals surface area contributed by atoms with E-state index in [-0.39, 0.29) is 12.0 Å². The van der Waals surface area contributed by atoms with E-state index in [0.29, 0.717) is 37.8 Å². The fourth-order valence-corrected chi connectivity index (χ4v) is 2.83. The summed E-state index contributed by atoms with van der Waals surface area (Å²) >= 11 is 0. The molecule has 2 aromatic heterocycles. The van der Waals surface area contributed by atoms with Gasteiger partial charge in [0.25, 0.3) is 0 Å². The molecular weight excluding hydrogens is 372 g/mol. The average Bonchev–Trinajstić information content (AvgIpc) is 3.19. The molecule has 8 heteroatoms. The molecule has 3 heterocycles. The molecule has 1 aliphatic heterocycles. The molecule has 1 fully saturated rings. The average molecular weight is 398 g/mol. The summed E-state index contributed by atoms with van der Waals surface area (Å²) in [5.41, 5.74) is 0.448. The van der Waals surface area contributed by atoms with Gasteiger partial charge in [0.15, 0.2) is 0 Å². The summed E-state index contributed by atoms with van der Waals surface area (Å²) in [5.74, 6) is 0.789. The maximum atomic E-state index is 12.2. The van der Waals surface area contributed by atoms with Crippen molar-refractivity contribution in [1.82, 2.24) is 9.88 Å².